The fourth-order valence-electron chi connectivity index (χ4n) is 3.58. The molecule has 2 aromatic rings. The molecule has 0 unspecified atom stereocenters. The van der Waals surface area contributed by atoms with Crippen LogP contribution in [0.5, 0.6) is 0 Å². The van der Waals surface area contributed by atoms with Gasteiger partial charge in [-0.1, -0.05) is 18.2 Å². The molecule has 1 aliphatic carbocycles. The van der Waals surface area contributed by atoms with Gasteiger partial charge in [-0.05, 0) is 39.9 Å². The first-order valence-corrected chi connectivity index (χ1v) is 9.58. The van der Waals surface area contributed by atoms with Crippen LogP contribution in [0.3, 0.4) is 0 Å². The van der Waals surface area contributed by atoms with E-state index in [4.69, 9.17) is 0 Å². The Bertz CT molecular complexity index is 1120. The van der Waals surface area contributed by atoms with Crippen LogP contribution in [0, 0.1) is 0 Å². The van der Waals surface area contributed by atoms with Crippen LogP contribution < -0.4 is 0 Å². The lowest BCUT2D eigenvalue weighted by Gasteiger charge is -2.18. The molecule has 2 aliphatic rings. The van der Waals surface area contributed by atoms with E-state index in [1.54, 1.807) is 24.4 Å². The summed E-state index contributed by atoms with van der Waals surface area (Å²) in [7, 11) is -5.91. The Labute approximate surface area is 156 Å². The second-order valence-electron chi connectivity index (χ2n) is 6.68. The van der Waals surface area contributed by atoms with Crippen molar-refractivity contribution in [3.05, 3.63) is 52.6 Å². The largest absolute Gasteiger partial charge is 0.501 e. The van der Waals surface area contributed by atoms with Gasteiger partial charge in [-0.2, -0.15) is 13.2 Å². The van der Waals surface area contributed by atoms with Crippen molar-refractivity contribution in [2.24, 2.45) is 4.99 Å². The van der Waals surface area contributed by atoms with Crippen LogP contribution in [0.4, 0.5) is 22.0 Å². The van der Waals surface area contributed by atoms with Crippen LogP contribution in [-0.2, 0) is 22.8 Å². The summed E-state index contributed by atoms with van der Waals surface area (Å²) in [5.41, 5.74) is -4.64. The maximum Gasteiger partial charge on any atom is 0.501 e. The number of sulfone groups is 1. The normalized spacial score (nSPS) is 20.3. The molecule has 1 heterocycles. The summed E-state index contributed by atoms with van der Waals surface area (Å²) in [6.07, 6.45) is -2.07. The van der Waals surface area contributed by atoms with Crippen molar-refractivity contribution in [1.82, 2.24) is 0 Å². The SMILES string of the molecule is O=S(=O)(c1ccc(-c2ccc3c(c2)CN=C3)c2c1[C@H](O)C(F)(F)C2)C(F)(F)F. The summed E-state index contributed by atoms with van der Waals surface area (Å²) in [6.45, 7) is 0.380. The standard InChI is InChI=1S/C18H12F5NO3S/c19-17(20)6-13-12(9-1-2-10-7-24-8-11(10)5-9)3-4-14(15(13)16(17)25)28(26,27)18(21,22)23/h1-5,7,16,25H,6,8H2/t16-/m0/s1. The highest BCUT2D eigenvalue weighted by atomic mass is 32.2. The molecule has 28 heavy (non-hydrogen) atoms. The van der Waals surface area contributed by atoms with Crippen molar-refractivity contribution in [1.29, 1.82) is 0 Å². The average molecular weight is 417 g/mol. The van der Waals surface area contributed by atoms with Gasteiger partial charge >= 0.3 is 5.51 Å². The smallest absolute Gasteiger partial charge is 0.382 e. The molecule has 0 amide bonds. The maximum absolute atomic E-state index is 14.2. The number of alkyl halides is 5. The van der Waals surface area contributed by atoms with Gasteiger partial charge in [0.05, 0.1) is 11.4 Å². The van der Waals surface area contributed by atoms with E-state index >= 15 is 0 Å². The molecule has 148 valence electrons. The highest BCUT2D eigenvalue weighted by Gasteiger charge is 2.54. The van der Waals surface area contributed by atoms with Crippen molar-refractivity contribution < 1.29 is 35.5 Å². The zero-order valence-corrected chi connectivity index (χ0v) is 14.8. The van der Waals surface area contributed by atoms with Crippen LogP contribution in [0.25, 0.3) is 11.1 Å². The topological polar surface area (TPSA) is 66.7 Å². The summed E-state index contributed by atoms with van der Waals surface area (Å²) in [6, 6.07) is 6.65. The minimum absolute atomic E-state index is 0.155. The van der Waals surface area contributed by atoms with Gasteiger partial charge in [-0.15, -0.1) is 0 Å². The van der Waals surface area contributed by atoms with Crippen LogP contribution in [0.1, 0.15) is 28.4 Å². The predicted octanol–water partition coefficient (Wildman–Crippen LogP) is 3.80. The predicted molar refractivity (Wildman–Crippen MR) is 90.0 cm³/mol. The summed E-state index contributed by atoms with van der Waals surface area (Å²) >= 11 is 0. The molecular weight excluding hydrogens is 405 g/mol. The molecule has 4 rings (SSSR count). The molecule has 0 spiro atoms. The van der Waals surface area contributed by atoms with E-state index < -0.39 is 44.3 Å². The lowest BCUT2D eigenvalue weighted by atomic mass is 9.94. The number of nitrogens with zero attached hydrogens (tertiary/aromatic N) is 1. The van der Waals surface area contributed by atoms with Crippen molar-refractivity contribution in [2.45, 2.75) is 35.4 Å². The summed E-state index contributed by atoms with van der Waals surface area (Å²) in [4.78, 5) is 2.74. The Balaban J connectivity index is 1.96. The second kappa shape index (κ2) is 5.84. The van der Waals surface area contributed by atoms with E-state index in [0.717, 1.165) is 17.2 Å². The summed E-state index contributed by atoms with van der Waals surface area (Å²) < 4.78 is 91.1. The fraction of sp³-hybridized carbons (Fsp3) is 0.278. The zero-order valence-electron chi connectivity index (χ0n) is 14.0. The quantitative estimate of drug-likeness (QED) is 0.756. The number of hydrogen-bond acceptors (Lipinski definition) is 4. The number of halogens is 5. The van der Waals surface area contributed by atoms with E-state index in [1.165, 1.54) is 0 Å². The molecule has 0 bridgehead atoms. The molecule has 0 fully saturated rings. The highest BCUT2D eigenvalue weighted by Crippen LogP contribution is 2.50. The molecule has 0 radical (unpaired) electrons. The van der Waals surface area contributed by atoms with Crippen LogP contribution >= 0.6 is 0 Å². The molecule has 10 heteroatoms. The van der Waals surface area contributed by atoms with Crippen molar-refractivity contribution >= 4 is 16.1 Å². The minimum atomic E-state index is -5.91. The number of aliphatic hydroxyl groups is 1. The Morgan fingerprint density at radius 3 is 2.54 bits per heavy atom. The number of aliphatic imine (C=N–C) groups is 1. The molecular formula is C18H12F5NO3S. The van der Waals surface area contributed by atoms with E-state index in [9.17, 15) is 35.5 Å². The fourth-order valence-corrected chi connectivity index (χ4v) is 4.61. The van der Waals surface area contributed by atoms with Gasteiger partial charge in [0.2, 0.25) is 0 Å². The molecule has 1 aliphatic heterocycles. The molecule has 4 nitrogen and oxygen atoms in total. The number of aliphatic hydroxyl groups excluding tert-OH is 1. The molecule has 1 atom stereocenters. The van der Waals surface area contributed by atoms with Crippen molar-refractivity contribution in [3.63, 3.8) is 0 Å². The van der Waals surface area contributed by atoms with Gasteiger partial charge in [-0.25, -0.2) is 17.2 Å². The van der Waals surface area contributed by atoms with Crippen LogP contribution in [-0.4, -0.2) is 31.2 Å². The van der Waals surface area contributed by atoms with Gasteiger partial charge in [-0.3, -0.25) is 4.99 Å². The average Bonchev–Trinajstić information content (AvgIpc) is 3.15. The number of benzene rings is 2. The number of hydrogen-bond donors (Lipinski definition) is 1. The molecule has 1 N–H and O–H groups in total. The molecule has 0 saturated carbocycles. The summed E-state index contributed by atoms with van der Waals surface area (Å²) in [5, 5.41) is 9.94. The third kappa shape index (κ3) is 2.66. The second-order valence-corrected chi connectivity index (χ2v) is 8.59. The Kier molecular flexibility index (Phi) is 3.96. The van der Waals surface area contributed by atoms with E-state index in [0.29, 0.717) is 18.2 Å². The molecule has 2 aromatic carbocycles. The van der Waals surface area contributed by atoms with E-state index in [2.05, 4.69) is 4.99 Å². The lowest BCUT2D eigenvalue weighted by Crippen LogP contribution is -2.26. The van der Waals surface area contributed by atoms with Crippen molar-refractivity contribution in [3.8, 4) is 11.1 Å². The van der Waals surface area contributed by atoms with Gasteiger partial charge in [0.25, 0.3) is 15.8 Å². The minimum Gasteiger partial charge on any atom is -0.382 e. The van der Waals surface area contributed by atoms with Gasteiger partial charge < -0.3 is 5.11 Å². The Morgan fingerprint density at radius 2 is 1.86 bits per heavy atom. The Morgan fingerprint density at radius 1 is 1.14 bits per heavy atom. The highest BCUT2D eigenvalue weighted by molar-refractivity contribution is 7.92. The first kappa shape index (κ1) is 19.0. The summed E-state index contributed by atoms with van der Waals surface area (Å²) in [5.74, 6) is -3.78. The zero-order chi connectivity index (χ0) is 20.5. The van der Waals surface area contributed by atoms with Gasteiger partial charge in [0, 0.05) is 18.2 Å². The van der Waals surface area contributed by atoms with Gasteiger partial charge in [0.15, 0.2) is 0 Å². The van der Waals surface area contributed by atoms with E-state index in [1.807, 2.05) is 0 Å². The monoisotopic (exact) mass is 417 g/mol. The molecule has 0 saturated heterocycles. The number of fused-ring (bicyclic) bond motifs is 2. The lowest BCUT2D eigenvalue weighted by molar-refractivity contribution is -0.0977. The van der Waals surface area contributed by atoms with Crippen LogP contribution in [0.15, 0.2) is 40.2 Å². The number of rotatable bonds is 2. The first-order valence-electron chi connectivity index (χ1n) is 8.09. The van der Waals surface area contributed by atoms with E-state index in [-0.39, 0.29) is 11.1 Å². The Hall–Kier alpha value is -2.33. The third-order valence-electron chi connectivity index (χ3n) is 4.94. The van der Waals surface area contributed by atoms with Gasteiger partial charge in [0.1, 0.15) is 6.10 Å². The molecule has 0 aromatic heterocycles. The first-order chi connectivity index (χ1) is 12.9. The third-order valence-corrected chi connectivity index (χ3v) is 6.49. The van der Waals surface area contributed by atoms with Crippen LogP contribution in [0.2, 0.25) is 0 Å². The van der Waals surface area contributed by atoms with Crippen molar-refractivity contribution in [2.75, 3.05) is 0 Å². The maximum atomic E-state index is 14.2.